The molecule has 0 atom stereocenters. The first-order valence-corrected chi connectivity index (χ1v) is 9.71. The molecule has 23 heavy (non-hydrogen) atoms. The van der Waals surface area contributed by atoms with Gasteiger partial charge in [0.05, 0.1) is 0 Å². The zero-order valence-electron chi connectivity index (χ0n) is 15.7. The highest BCUT2D eigenvalue weighted by molar-refractivity contribution is 5.45. The second-order valence-corrected chi connectivity index (χ2v) is 6.92. The van der Waals surface area contributed by atoms with Crippen LogP contribution in [0.3, 0.4) is 0 Å². The molecule has 0 spiro atoms. The van der Waals surface area contributed by atoms with Gasteiger partial charge in [-0.25, -0.2) is 0 Å². The summed E-state index contributed by atoms with van der Waals surface area (Å²) in [5.74, 6) is 0. The summed E-state index contributed by atoms with van der Waals surface area (Å²) in [4.78, 5) is 2.14. The number of nitrogens with zero attached hydrogens (tertiary/aromatic N) is 1. The van der Waals surface area contributed by atoms with Crippen LogP contribution < -0.4 is 10.2 Å². The number of hydrogen-bond acceptors (Lipinski definition) is 2. The van der Waals surface area contributed by atoms with Crippen LogP contribution in [-0.2, 0) is 6.54 Å². The van der Waals surface area contributed by atoms with E-state index in [9.17, 15) is 0 Å². The van der Waals surface area contributed by atoms with Crippen LogP contribution in [-0.4, -0.2) is 20.6 Å². The Morgan fingerprint density at radius 3 is 1.78 bits per heavy atom. The summed E-state index contributed by atoms with van der Waals surface area (Å²) in [5, 5.41) is 3.56. The Kier molecular flexibility index (Phi) is 11.7. The third-order valence-corrected chi connectivity index (χ3v) is 4.49. The summed E-state index contributed by atoms with van der Waals surface area (Å²) in [5.41, 5.74) is 2.64. The molecule has 1 aromatic carbocycles. The van der Waals surface area contributed by atoms with E-state index in [2.05, 4.69) is 55.5 Å². The Hall–Kier alpha value is -1.02. The number of benzene rings is 1. The maximum atomic E-state index is 3.56. The molecule has 0 heterocycles. The topological polar surface area (TPSA) is 15.3 Å². The summed E-state index contributed by atoms with van der Waals surface area (Å²) >= 11 is 0. The van der Waals surface area contributed by atoms with E-state index in [4.69, 9.17) is 0 Å². The molecule has 1 rings (SSSR count). The Morgan fingerprint density at radius 1 is 0.739 bits per heavy atom. The lowest BCUT2D eigenvalue weighted by Gasteiger charge is -2.12. The van der Waals surface area contributed by atoms with Crippen molar-refractivity contribution >= 4 is 5.69 Å². The van der Waals surface area contributed by atoms with Gasteiger partial charge in [0.2, 0.25) is 0 Å². The number of anilines is 1. The summed E-state index contributed by atoms with van der Waals surface area (Å²) < 4.78 is 0. The van der Waals surface area contributed by atoms with Gasteiger partial charge >= 0.3 is 0 Å². The largest absolute Gasteiger partial charge is 0.378 e. The fourth-order valence-corrected chi connectivity index (χ4v) is 2.88. The molecule has 0 radical (unpaired) electrons. The minimum absolute atomic E-state index is 0.991. The van der Waals surface area contributed by atoms with E-state index in [1.54, 1.807) is 0 Å². The molecule has 0 aliphatic carbocycles. The van der Waals surface area contributed by atoms with E-state index in [0.717, 1.165) is 13.1 Å². The monoisotopic (exact) mass is 318 g/mol. The van der Waals surface area contributed by atoms with Crippen LogP contribution in [0.1, 0.15) is 76.7 Å². The standard InChI is InChI=1S/C21H38N2/c1-4-5-6-7-8-9-10-11-12-13-18-22-19-20-14-16-21(17-15-20)23(2)3/h14-17,22H,4-13,18-19H2,1-3H3. The molecule has 1 aromatic rings. The van der Waals surface area contributed by atoms with Crippen LogP contribution >= 0.6 is 0 Å². The minimum atomic E-state index is 0.991. The lowest BCUT2D eigenvalue weighted by molar-refractivity contribution is 0.543. The van der Waals surface area contributed by atoms with Crippen molar-refractivity contribution < 1.29 is 0 Å². The highest BCUT2D eigenvalue weighted by Crippen LogP contribution is 2.12. The van der Waals surface area contributed by atoms with Crippen LogP contribution in [0.5, 0.6) is 0 Å². The molecule has 132 valence electrons. The molecule has 2 nitrogen and oxygen atoms in total. The van der Waals surface area contributed by atoms with Gasteiger partial charge in [-0.3, -0.25) is 0 Å². The van der Waals surface area contributed by atoms with Crippen molar-refractivity contribution in [1.82, 2.24) is 5.32 Å². The first-order valence-electron chi connectivity index (χ1n) is 9.71. The highest BCUT2D eigenvalue weighted by Gasteiger charge is 1.96. The van der Waals surface area contributed by atoms with Gasteiger partial charge in [-0.1, -0.05) is 76.8 Å². The number of nitrogens with one attached hydrogen (secondary N) is 1. The average Bonchev–Trinajstić information content (AvgIpc) is 2.56. The van der Waals surface area contributed by atoms with Crippen molar-refractivity contribution in [2.24, 2.45) is 0 Å². The van der Waals surface area contributed by atoms with Gasteiger partial charge < -0.3 is 10.2 Å². The molecule has 2 heteroatoms. The van der Waals surface area contributed by atoms with Gasteiger partial charge in [-0.2, -0.15) is 0 Å². The molecule has 0 aromatic heterocycles. The summed E-state index contributed by atoms with van der Waals surface area (Å²) in [6.45, 7) is 4.42. The smallest absolute Gasteiger partial charge is 0.0361 e. The third-order valence-electron chi connectivity index (χ3n) is 4.49. The normalized spacial score (nSPS) is 10.9. The number of unbranched alkanes of at least 4 members (excludes halogenated alkanes) is 9. The molecule has 0 aliphatic heterocycles. The van der Waals surface area contributed by atoms with Crippen LogP contribution in [0.25, 0.3) is 0 Å². The third kappa shape index (κ3) is 10.4. The van der Waals surface area contributed by atoms with Gasteiger partial charge in [-0.05, 0) is 30.7 Å². The maximum absolute atomic E-state index is 3.56. The average molecular weight is 319 g/mol. The molecule has 1 N–H and O–H groups in total. The molecular formula is C21H38N2. The number of rotatable bonds is 14. The lowest BCUT2D eigenvalue weighted by atomic mass is 10.1. The summed E-state index contributed by atoms with van der Waals surface area (Å²) in [7, 11) is 4.16. The van der Waals surface area contributed by atoms with Crippen molar-refractivity contribution in [1.29, 1.82) is 0 Å². The van der Waals surface area contributed by atoms with E-state index in [1.807, 2.05) is 0 Å². The fourth-order valence-electron chi connectivity index (χ4n) is 2.88. The van der Waals surface area contributed by atoms with Gasteiger partial charge in [0.1, 0.15) is 0 Å². The van der Waals surface area contributed by atoms with Crippen LogP contribution in [0, 0.1) is 0 Å². The fraction of sp³-hybridized carbons (Fsp3) is 0.714. The van der Waals surface area contributed by atoms with E-state index < -0.39 is 0 Å². The lowest BCUT2D eigenvalue weighted by Crippen LogP contribution is -2.15. The SMILES string of the molecule is CCCCCCCCCCCCNCc1ccc(N(C)C)cc1. The first kappa shape index (κ1) is 20.0. The zero-order chi connectivity index (χ0) is 16.8. The van der Waals surface area contributed by atoms with Crippen LogP contribution in [0.15, 0.2) is 24.3 Å². The second-order valence-electron chi connectivity index (χ2n) is 6.92. The Bertz CT molecular complexity index is 370. The maximum Gasteiger partial charge on any atom is 0.0361 e. The predicted molar refractivity (Wildman–Crippen MR) is 104 cm³/mol. The van der Waals surface area contributed by atoms with Crippen molar-refractivity contribution in [3.63, 3.8) is 0 Å². The quantitative estimate of drug-likeness (QED) is 0.438. The zero-order valence-corrected chi connectivity index (χ0v) is 15.7. The van der Waals surface area contributed by atoms with E-state index in [1.165, 1.54) is 75.5 Å². The van der Waals surface area contributed by atoms with Crippen molar-refractivity contribution in [3.05, 3.63) is 29.8 Å². The van der Waals surface area contributed by atoms with Crippen LogP contribution in [0.2, 0.25) is 0 Å². The van der Waals surface area contributed by atoms with Crippen molar-refractivity contribution in [2.75, 3.05) is 25.5 Å². The molecular weight excluding hydrogens is 280 g/mol. The highest BCUT2D eigenvalue weighted by atomic mass is 15.1. The molecule has 0 amide bonds. The van der Waals surface area contributed by atoms with Crippen molar-refractivity contribution in [3.8, 4) is 0 Å². The molecule has 0 aliphatic rings. The van der Waals surface area contributed by atoms with E-state index in [-0.39, 0.29) is 0 Å². The molecule has 0 saturated carbocycles. The first-order chi connectivity index (χ1) is 11.2. The Morgan fingerprint density at radius 2 is 1.26 bits per heavy atom. The number of hydrogen-bond donors (Lipinski definition) is 1. The molecule has 0 fully saturated rings. The van der Waals surface area contributed by atoms with E-state index >= 15 is 0 Å². The Balaban J connectivity index is 1.89. The van der Waals surface area contributed by atoms with E-state index in [0.29, 0.717) is 0 Å². The van der Waals surface area contributed by atoms with Crippen LogP contribution in [0.4, 0.5) is 5.69 Å². The molecule has 0 bridgehead atoms. The predicted octanol–water partition coefficient (Wildman–Crippen LogP) is 5.76. The van der Waals surface area contributed by atoms with Gasteiger partial charge in [0.25, 0.3) is 0 Å². The minimum Gasteiger partial charge on any atom is -0.378 e. The van der Waals surface area contributed by atoms with Gasteiger partial charge in [0.15, 0.2) is 0 Å². The summed E-state index contributed by atoms with van der Waals surface area (Å²) in [6, 6.07) is 8.83. The second kappa shape index (κ2) is 13.4. The Labute approximate surface area is 144 Å². The molecule has 0 unspecified atom stereocenters. The van der Waals surface area contributed by atoms with Gasteiger partial charge in [-0.15, -0.1) is 0 Å². The molecule has 0 saturated heterocycles. The van der Waals surface area contributed by atoms with Gasteiger partial charge in [0, 0.05) is 26.3 Å². The van der Waals surface area contributed by atoms with Crippen molar-refractivity contribution in [2.45, 2.75) is 77.7 Å². The summed E-state index contributed by atoms with van der Waals surface area (Å²) in [6.07, 6.45) is 14.1.